The lowest BCUT2D eigenvalue weighted by molar-refractivity contribution is -0.123. The van der Waals surface area contributed by atoms with Crippen LogP contribution in [0.4, 0.5) is 4.39 Å². The first-order valence-corrected chi connectivity index (χ1v) is 6.49. The number of hydrogen-bond donors (Lipinski definition) is 2. The third-order valence-electron chi connectivity index (χ3n) is 2.68. The molecule has 0 aliphatic heterocycles. The summed E-state index contributed by atoms with van der Waals surface area (Å²) in [7, 11) is 0. The van der Waals surface area contributed by atoms with Crippen molar-refractivity contribution in [1.29, 1.82) is 0 Å². The maximum absolute atomic E-state index is 13.2. The fraction of sp³-hybridized carbons (Fsp3) is 0.500. The highest BCUT2D eigenvalue weighted by molar-refractivity contribution is 5.77. The number of carbonyl (C=O) groups is 1. The summed E-state index contributed by atoms with van der Waals surface area (Å²) < 4.78 is 18.5. The molecule has 3 N–H and O–H groups in total. The number of ether oxygens (including phenoxy) is 1. The Hall–Kier alpha value is -1.62. The molecular formula is C14H21FN2O2. The number of unbranched alkanes of at least 4 members (excludes halogenated alkanes) is 1. The van der Waals surface area contributed by atoms with Gasteiger partial charge in [0.15, 0.2) is 6.61 Å². The summed E-state index contributed by atoms with van der Waals surface area (Å²) in [5.41, 5.74) is 6.45. The average Bonchev–Trinajstić information content (AvgIpc) is 2.36. The van der Waals surface area contributed by atoms with E-state index in [0.29, 0.717) is 17.9 Å². The van der Waals surface area contributed by atoms with Gasteiger partial charge in [-0.3, -0.25) is 4.79 Å². The van der Waals surface area contributed by atoms with E-state index in [1.807, 2.05) is 6.92 Å². The summed E-state index contributed by atoms with van der Waals surface area (Å²) in [6.45, 7) is 4.32. The van der Waals surface area contributed by atoms with Crippen LogP contribution in [-0.4, -0.2) is 19.1 Å². The lowest BCUT2D eigenvalue weighted by Gasteiger charge is -2.14. The third kappa shape index (κ3) is 5.26. The highest BCUT2D eigenvalue weighted by Crippen LogP contribution is 2.24. The molecular weight excluding hydrogens is 247 g/mol. The summed E-state index contributed by atoms with van der Waals surface area (Å²) in [5, 5.41) is 2.73. The van der Waals surface area contributed by atoms with E-state index < -0.39 is 5.82 Å². The number of rotatable bonds is 7. The molecule has 0 aliphatic rings. The van der Waals surface area contributed by atoms with Crippen LogP contribution < -0.4 is 15.8 Å². The van der Waals surface area contributed by atoms with Crippen molar-refractivity contribution in [2.75, 3.05) is 13.2 Å². The number of benzene rings is 1. The van der Waals surface area contributed by atoms with Gasteiger partial charge in [-0.25, -0.2) is 4.39 Å². The molecule has 1 atom stereocenters. The second-order valence-corrected chi connectivity index (χ2v) is 4.46. The monoisotopic (exact) mass is 268 g/mol. The number of amides is 1. The van der Waals surface area contributed by atoms with E-state index in [4.69, 9.17) is 10.5 Å². The van der Waals surface area contributed by atoms with Crippen LogP contribution in [0.2, 0.25) is 0 Å². The van der Waals surface area contributed by atoms with Crippen molar-refractivity contribution >= 4 is 5.91 Å². The zero-order valence-corrected chi connectivity index (χ0v) is 11.4. The van der Waals surface area contributed by atoms with E-state index in [1.165, 1.54) is 12.1 Å². The smallest absolute Gasteiger partial charge is 0.257 e. The minimum Gasteiger partial charge on any atom is -0.483 e. The first kappa shape index (κ1) is 15.4. The SMILES string of the molecule is CCCCNC(=O)COc1cc(F)ccc1[C@@H](C)N. The van der Waals surface area contributed by atoms with Crippen LogP contribution in [-0.2, 0) is 4.79 Å². The Morgan fingerprint density at radius 1 is 1.53 bits per heavy atom. The fourth-order valence-electron chi connectivity index (χ4n) is 1.61. The van der Waals surface area contributed by atoms with Gasteiger partial charge in [0.05, 0.1) is 0 Å². The van der Waals surface area contributed by atoms with Crippen molar-refractivity contribution < 1.29 is 13.9 Å². The maximum Gasteiger partial charge on any atom is 0.257 e. The molecule has 0 spiro atoms. The molecule has 1 rings (SSSR count). The van der Waals surface area contributed by atoms with E-state index >= 15 is 0 Å². The van der Waals surface area contributed by atoms with Crippen molar-refractivity contribution in [2.45, 2.75) is 32.7 Å². The minimum absolute atomic E-state index is 0.132. The Balaban J connectivity index is 2.56. The molecule has 19 heavy (non-hydrogen) atoms. The average molecular weight is 268 g/mol. The van der Waals surface area contributed by atoms with Gasteiger partial charge in [0.2, 0.25) is 0 Å². The molecule has 0 heterocycles. The second kappa shape index (κ2) is 7.74. The van der Waals surface area contributed by atoms with Gasteiger partial charge < -0.3 is 15.8 Å². The number of hydrogen-bond acceptors (Lipinski definition) is 3. The predicted molar refractivity (Wildman–Crippen MR) is 72.4 cm³/mol. The molecule has 0 radical (unpaired) electrons. The van der Waals surface area contributed by atoms with E-state index in [0.717, 1.165) is 12.8 Å². The Morgan fingerprint density at radius 3 is 2.89 bits per heavy atom. The molecule has 0 aromatic heterocycles. The molecule has 1 aromatic carbocycles. The molecule has 0 saturated carbocycles. The number of carbonyl (C=O) groups excluding carboxylic acids is 1. The van der Waals surface area contributed by atoms with Gasteiger partial charge >= 0.3 is 0 Å². The predicted octanol–water partition coefficient (Wildman–Crippen LogP) is 2.14. The van der Waals surface area contributed by atoms with Crippen molar-refractivity contribution in [1.82, 2.24) is 5.32 Å². The largest absolute Gasteiger partial charge is 0.483 e. The van der Waals surface area contributed by atoms with Crippen molar-refractivity contribution in [3.05, 3.63) is 29.6 Å². The van der Waals surface area contributed by atoms with Crippen LogP contribution in [0.1, 0.15) is 38.3 Å². The molecule has 0 saturated heterocycles. The number of nitrogens with one attached hydrogen (secondary N) is 1. The van der Waals surface area contributed by atoms with Crippen molar-refractivity contribution in [2.24, 2.45) is 5.73 Å². The standard InChI is InChI=1S/C14H21FN2O2/c1-3-4-7-17-14(18)9-19-13-8-11(15)5-6-12(13)10(2)16/h5-6,8,10H,3-4,7,9,16H2,1-2H3,(H,17,18)/t10-/m1/s1. The summed E-state index contributed by atoms with van der Waals surface area (Å²) >= 11 is 0. The van der Waals surface area contributed by atoms with Gasteiger partial charge in [-0.15, -0.1) is 0 Å². The molecule has 0 bridgehead atoms. The van der Waals surface area contributed by atoms with Crippen molar-refractivity contribution in [3.8, 4) is 5.75 Å². The van der Waals surface area contributed by atoms with Crippen LogP contribution in [0, 0.1) is 5.82 Å². The number of halogens is 1. The summed E-state index contributed by atoms with van der Waals surface area (Å²) in [4.78, 5) is 11.5. The molecule has 5 heteroatoms. The third-order valence-corrected chi connectivity index (χ3v) is 2.68. The molecule has 106 valence electrons. The lowest BCUT2D eigenvalue weighted by Crippen LogP contribution is -2.29. The summed E-state index contributed by atoms with van der Waals surface area (Å²) in [6, 6.07) is 3.87. The second-order valence-electron chi connectivity index (χ2n) is 4.46. The first-order chi connectivity index (χ1) is 9.04. The van der Waals surface area contributed by atoms with E-state index in [2.05, 4.69) is 5.32 Å². The van der Waals surface area contributed by atoms with Gasteiger partial charge in [-0.05, 0) is 19.4 Å². The van der Waals surface area contributed by atoms with Crippen LogP contribution in [0.5, 0.6) is 5.75 Å². The first-order valence-electron chi connectivity index (χ1n) is 6.49. The highest BCUT2D eigenvalue weighted by atomic mass is 19.1. The van der Waals surface area contributed by atoms with Crippen molar-refractivity contribution in [3.63, 3.8) is 0 Å². The van der Waals surface area contributed by atoms with Crippen LogP contribution >= 0.6 is 0 Å². The zero-order valence-electron chi connectivity index (χ0n) is 11.4. The van der Waals surface area contributed by atoms with Crippen LogP contribution in [0.25, 0.3) is 0 Å². The molecule has 0 fully saturated rings. The van der Waals surface area contributed by atoms with Gasteiger partial charge in [0.1, 0.15) is 11.6 Å². The normalized spacial score (nSPS) is 12.0. The topological polar surface area (TPSA) is 64.3 Å². The molecule has 1 amide bonds. The molecule has 0 aliphatic carbocycles. The Labute approximate surface area is 113 Å². The van der Waals surface area contributed by atoms with E-state index in [-0.39, 0.29) is 18.6 Å². The maximum atomic E-state index is 13.2. The summed E-state index contributed by atoms with van der Waals surface area (Å²) in [6.07, 6.45) is 1.94. The number of nitrogens with two attached hydrogens (primary N) is 1. The fourth-order valence-corrected chi connectivity index (χ4v) is 1.61. The Morgan fingerprint density at radius 2 is 2.26 bits per heavy atom. The Bertz CT molecular complexity index is 422. The Kier molecular flexibility index (Phi) is 6.29. The minimum atomic E-state index is -0.411. The van der Waals surface area contributed by atoms with E-state index in [1.54, 1.807) is 13.0 Å². The molecule has 1 aromatic rings. The molecule has 4 nitrogen and oxygen atoms in total. The molecule has 0 unspecified atom stereocenters. The zero-order chi connectivity index (χ0) is 14.3. The summed E-state index contributed by atoms with van der Waals surface area (Å²) in [5.74, 6) is -0.306. The van der Waals surface area contributed by atoms with Gasteiger partial charge in [0, 0.05) is 24.2 Å². The van der Waals surface area contributed by atoms with Crippen LogP contribution in [0.3, 0.4) is 0 Å². The highest BCUT2D eigenvalue weighted by Gasteiger charge is 2.11. The van der Waals surface area contributed by atoms with Crippen LogP contribution in [0.15, 0.2) is 18.2 Å². The quantitative estimate of drug-likeness (QED) is 0.745. The van der Waals surface area contributed by atoms with Gasteiger partial charge in [-0.1, -0.05) is 19.4 Å². The van der Waals surface area contributed by atoms with E-state index in [9.17, 15) is 9.18 Å². The van der Waals surface area contributed by atoms with Gasteiger partial charge in [-0.2, -0.15) is 0 Å². The van der Waals surface area contributed by atoms with Gasteiger partial charge in [0.25, 0.3) is 5.91 Å². The lowest BCUT2D eigenvalue weighted by atomic mass is 10.1.